The van der Waals surface area contributed by atoms with Gasteiger partial charge in [0, 0.05) is 32.9 Å². The second-order valence-electron chi connectivity index (χ2n) is 11.0. The summed E-state index contributed by atoms with van der Waals surface area (Å²) in [7, 11) is 0. The summed E-state index contributed by atoms with van der Waals surface area (Å²) < 4.78 is 4.73. The Kier molecular flexibility index (Phi) is 5.98. The van der Waals surface area contributed by atoms with E-state index in [-0.39, 0.29) is 0 Å². The van der Waals surface area contributed by atoms with Crippen molar-refractivity contribution in [1.29, 1.82) is 0 Å². The summed E-state index contributed by atoms with van der Waals surface area (Å²) in [6.45, 7) is 11.0. The maximum atomic E-state index is 4.50. The summed E-state index contributed by atoms with van der Waals surface area (Å²) in [5.74, 6) is 0. The van der Waals surface area contributed by atoms with Crippen LogP contribution in [-0.2, 0) is 0 Å². The first-order valence-electron chi connectivity index (χ1n) is 14.1. The van der Waals surface area contributed by atoms with Gasteiger partial charge >= 0.3 is 0 Å². The summed E-state index contributed by atoms with van der Waals surface area (Å²) >= 11 is 0. The van der Waals surface area contributed by atoms with E-state index in [9.17, 15) is 0 Å². The molecule has 41 heavy (non-hydrogen) atoms. The van der Waals surface area contributed by atoms with Gasteiger partial charge in [0.2, 0.25) is 0 Å². The molecule has 5 aromatic carbocycles. The number of para-hydroxylation sites is 4. The van der Waals surface area contributed by atoms with Crippen LogP contribution >= 0.6 is 0 Å². The van der Waals surface area contributed by atoms with E-state index in [4.69, 9.17) is 0 Å². The molecule has 0 radical (unpaired) electrons. The molecule has 0 aliphatic carbocycles. The van der Waals surface area contributed by atoms with E-state index in [0.717, 1.165) is 22.4 Å². The first-order valence-corrected chi connectivity index (χ1v) is 14.1. The third kappa shape index (κ3) is 4.20. The highest BCUT2D eigenvalue weighted by molar-refractivity contribution is 6.10. The fourth-order valence-electron chi connectivity index (χ4n) is 6.37. The van der Waals surface area contributed by atoms with Gasteiger partial charge in [-0.1, -0.05) is 91.5 Å². The zero-order chi connectivity index (χ0) is 28.1. The maximum absolute atomic E-state index is 4.50. The van der Waals surface area contributed by atoms with Gasteiger partial charge in [0.1, 0.15) is 0 Å². The van der Waals surface area contributed by atoms with Crippen LogP contribution < -0.4 is 0 Å². The molecular formula is C39H32N2. The van der Waals surface area contributed by atoms with Crippen LogP contribution in [-0.4, -0.2) is 9.13 Å². The predicted octanol–water partition coefficient (Wildman–Crippen LogP) is 10.7. The van der Waals surface area contributed by atoms with Crippen LogP contribution in [0.25, 0.3) is 60.6 Å². The topological polar surface area (TPSA) is 9.86 Å². The molecule has 0 saturated heterocycles. The van der Waals surface area contributed by atoms with Gasteiger partial charge in [0.15, 0.2) is 0 Å². The number of fused-ring (bicyclic) bond motifs is 6. The molecule has 7 rings (SSSR count). The molecule has 0 amide bonds. The second-order valence-corrected chi connectivity index (χ2v) is 11.0. The van der Waals surface area contributed by atoms with Crippen LogP contribution in [0.2, 0.25) is 0 Å². The number of allylic oxidation sites excluding steroid dienone is 5. The van der Waals surface area contributed by atoms with Gasteiger partial charge in [-0.15, -0.1) is 0 Å². The van der Waals surface area contributed by atoms with Crippen molar-refractivity contribution in [3.8, 4) is 5.69 Å². The van der Waals surface area contributed by atoms with E-state index in [0.29, 0.717) is 0 Å². The van der Waals surface area contributed by atoms with Crippen molar-refractivity contribution in [2.75, 3.05) is 0 Å². The van der Waals surface area contributed by atoms with E-state index in [2.05, 4.69) is 164 Å². The lowest BCUT2D eigenvalue weighted by Gasteiger charge is -2.13. The van der Waals surface area contributed by atoms with Crippen molar-refractivity contribution in [2.45, 2.75) is 20.8 Å². The summed E-state index contributed by atoms with van der Waals surface area (Å²) in [6.07, 6.45) is 4.45. The van der Waals surface area contributed by atoms with E-state index < -0.39 is 0 Å². The smallest absolute Gasteiger partial charge is 0.0541 e. The van der Waals surface area contributed by atoms with Crippen molar-refractivity contribution >= 4 is 54.9 Å². The van der Waals surface area contributed by atoms with Crippen LogP contribution in [0.3, 0.4) is 0 Å². The molecule has 0 fully saturated rings. The van der Waals surface area contributed by atoms with Gasteiger partial charge in [-0.2, -0.15) is 0 Å². The van der Waals surface area contributed by atoms with Crippen LogP contribution in [0.1, 0.15) is 25.0 Å². The van der Waals surface area contributed by atoms with Gasteiger partial charge < -0.3 is 9.13 Å². The molecule has 0 bridgehead atoms. The maximum Gasteiger partial charge on any atom is 0.0541 e. The molecule has 2 heteroatoms. The van der Waals surface area contributed by atoms with Gasteiger partial charge in [0.05, 0.1) is 22.1 Å². The SMILES string of the molecule is C=C(/C=C(C)\C=C(/C)n1c2ccccc2c2ccccc21)c1cc(C)cc(-n2c3ccccc3c3ccccc32)c1. The second kappa shape index (κ2) is 9.83. The van der Waals surface area contributed by atoms with Crippen molar-refractivity contribution in [3.05, 3.63) is 151 Å². The number of hydrogen-bond acceptors (Lipinski definition) is 0. The lowest BCUT2D eigenvalue weighted by atomic mass is 10.0. The molecule has 2 heterocycles. The van der Waals surface area contributed by atoms with Crippen LogP contribution in [0, 0.1) is 6.92 Å². The Hall–Kier alpha value is -5.08. The van der Waals surface area contributed by atoms with Gasteiger partial charge in [0.25, 0.3) is 0 Å². The Morgan fingerprint density at radius 3 is 1.59 bits per heavy atom. The van der Waals surface area contributed by atoms with E-state index >= 15 is 0 Å². The van der Waals surface area contributed by atoms with E-state index in [1.807, 2.05) is 0 Å². The highest BCUT2D eigenvalue weighted by atomic mass is 15.0. The molecule has 198 valence electrons. The monoisotopic (exact) mass is 528 g/mol. The average molecular weight is 529 g/mol. The predicted molar refractivity (Wildman–Crippen MR) is 178 cm³/mol. The van der Waals surface area contributed by atoms with Crippen molar-refractivity contribution in [1.82, 2.24) is 9.13 Å². The third-order valence-corrected chi connectivity index (χ3v) is 8.04. The highest BCUT2D eigenvalue weighted by Gasteiger charge is 2.13. The lowest BCUT2D eigenvalue weighted by Crippen LogP contribution is -1.96. The number of hydrogen-bond donors (Lipinski definition) is 0. The molecule has 0 aliphatic heterocycles. The standard InChI is InChI=1S/C39H32N2/c1-26(22-29(4)40-36-17-9-5-13-32(36)33-14-6-10-18-37(33)40)21-28(3)30-23-27(2)24-31(25-30)41-38-19-11-7-15-34(38)35-16-8-12-20-39(35)41/h5-25H,3H2,1-2,4H3/b26-21-,29-22+. The van der Waals surface area contributed by atoms with Crippen molar-refractivity contribution in [3.63, 3.8) is 0 Å². The highest BCUT2D eigenvalue weighted by Crippen LogP contribution is 2.34. The van der Waals surface area contributed by atoms with Crippen LogP contribution in [0.15, 0.2) is 140 Å². The van der Waals surface area contributed by atoms with Crippen LogP contribution in [0.5, 0.6) is 0 Å². The molecule has 0 saturated carbocycles. The Labute approximate surface area is 240 Å². The van der Waals surface area contributed by atoms with Gasteiger partial charge in [-0.3, -0.25) is 0 Å². The van der Waals surface area contributed by atoms with E-state index in [1.54, 1.807) is 0 Å². The minimum absolute atomic E-state index is 1.000. The minimum atomic E-state index is 1.000. The normalized spacial score (nSPS) is 12.7. The summed E-state index contributed by atoms with van der Waals surface area (Å²) in [5.41, 5.74) is 11.7. The average Bonchev–Trinajstić information content (AvgIpc) is 3.50. The molecule has 7 aromatic rings. The largest absolute Gasteiger partial charge is 0.313 e. The molecular weight excluding hydrogens is 496 g/mol. The molecule has 2 nitrogen and oxygen atoms in total. The Morgan fingerprint density at radius 2 is 1.05 bits per heavy atom. The van der Waals surface area contributed by atoms with Gasteiger partial charge in [-0.05, 0) is 85.5 Å². The molecule has 0 unspecified atom stereocenters. The summed E-state index contributed by atoms with van der Waals surface area (Å²) in [4.78, 5) is 0. The number of nitrogens with zero attached hydrogens (tertiary/aromatic N) is 2. The number of benzene rings is 5. The quantitative estimate of drug-likeness (QED) is 0.197. The van der Waals surface area contributed by atoms with Gasteiger partial charge in [-0.25, -0.2) is 0 Å². The summed E-state index contributed by atoms with van der Waals surface area (Å²) in [6, 6.07) is 41.3. The Morgan fingerprint density at radius 1 is 0.585 bits per heavy atom. The molecule has 0 atom stereocenters. The summed E-state index contributed by atoms with van der Waals surface area (Å²) in [5, 5.41) is 5.09. The lowest BCUT2D eigenvalue weighted by molar-refractivity contribution is 1.17. The number of rotatable bonds is 5. The first-order chi connectivity index (χ1) is 20.0. The minimum Gasteiger partial charge on any atom is -0.313 e. The van der Waals surface area contributed by atoms with Crippen LogP contribution in [0.4, 0.5) is 0 Å². The van der Waals surface area contributed by atoms with Crippen molar-refractivity contribution in [2.24, 2.45) is 0 Å². The molecule has 0 N–H and O–H groups in total. The molecule has 0 spiro atoms. The molecule has 0 aliphatic rings. The number of aromatic nitrogens is 2. The van der Waals surface area contributed by atoms with Crippen molar-refractivity contribution < 1.29 is 0 Å². The van der Waals surface area contributed by atoms with E-state index in [1.165, 1.54) is 54.9 Å². The zero-order valence-electron chi connectivity index (χ0n) is 23.7. The molecule has 2 aromatic heterocycles. The Bertz CT molecular complexity index is 2090. The number of aryl methyl sites for hydroxylation is 1. The third-order valence-electron chi connectivity index (χ3n) is 8.04. The fraction of sp³-hybridized carbons (Fsp3) is 0.0769. The Balaban J connectivity index is 1.29. The first kappa shape index (κ1) is 24.9. The fourth-order valence-corrected chi connectivity index (χ4v) is 6.37. The zero-order valence-corrected chi connectivity index (χ0v) is 23.7.